The Labute approximate surface area is 77.9 Å². The van der Waals surface area contributed by atoms with Crippen molar-refractivity contribution >= 4 is 0 Å². The molecule has 0 aliphatic carbocycles. The van der Waals surface area contributed by atoms with Crippen LogP contribution in [0, 0.1) is 11.8 Å². The minimum Gasteiger partial charge on any atom is -0.317 e. The lowest BCUT2D eigenvalue weighted by Crippen LogP contribution is -2.23. The largest absolute Gasteiger partial charge is 0.317 e. The predicted octanol–water partition coefficient (Wildman–Crippen LogP) is 3.06. The number of hydrogen-bond acceptors (Lipinski definition) is 1. The summed E-state index contributed by atoms with van der Waals surface area (Å²) in [5.74, 6) is 1.73. The molecule has 1 nitrogen and oxygen atoms in total. The molecule has 0 bridgehead atoms. The highest BCUT2D eigenvalue weighted by atomic mass is 14.8. The van der Waals surface area contributed by atoms with Gasteiger partial charge in [-0.05, 0) is 32.2 Å². The highest BCUT2D eigenvalue weighted by molar-refractivity contribution is 4.63. The molecule has 0 rings (SSSR count). The molecule has 0 unspecified atom stereocenters. The molecule has 74 valence electrons. The summed E-state index contributed by atoms with van der Waals surface area (Å²) in [4.78, 5) is 0. The molecule has 0 spiro atoms. The first kappa shape index (κ1) is 12.0. The summed E-state index contributed by atoms with van der Waals surface area (Å²) in [5, 5.41) is 3.28. The fourth-order valence-electron chi connectivity index (χ4n) is 1.46. The van der Waals surface area contributed by atoms with E-state index in [9.17, 15) is 0 Å². The summed E-state index contributed by atoms with van der Waals surface area (Å²) in [5.41, 5.74) is 0. The molecular weight excluding hydrogens is 146 g/mol. The topological polar surface area (TPSA) is 12.0 Å². The van der Waals surface area contributed by atoms with Gasteiger partial charge in [-0.1, -0.05) is 33.6 Å². The van der Waals surface area contributed by atoms with Gasteiger partial charge in [-0.15, -0.1) is 0 Å². The number of hydrogen-bond donors (Lipinski definition) is 1. The third kappa shape index (κ3) is 6.66. The maximum Gasteiger partial charge on any atom is 0.00382 e. The van der Waals surface area contributed by atoms with Gasteiger partial charge in [-0.2, -0.15) is 0 Å². The molecule has 0 heterocycles. The average Bonchev–Trinajstić information content (AvgIpc) is 2.00. The van der Waals surface area contributed by atoms with Crippen molar-refractivity contribution in [1.82, 2.24) is 5.32 Å². The molecule has 0 aliphatic heterocycles. The van der Waals surface area contributed by atoms with Gasteiger partial charge in [-0.3, -0.25) is 0 Å². The van der Waals surface area contributed by atoms with Crippen LogP contribution >= 0.6 is 0 Å². The second-order valence-corrected chi connectivity index (χ2v) is 4.50. The Morgan fingerprint density at radius 3 is 2.00 bits per heavy atom. The Morgan fingerprint density at radius 1 is 1.00 bits per heavy atom. The smallest absolute Gasteiger partial charge is 0.00382 e. The Hall–Kier alpha value is -0.0400. The second kappa shape index (κ2) is 6.47. The molecule has 1 N–H and O–H groups in total. The Balaban J connectivity index is 3.39. The maximum absolute atomic E-state index is 3.28. The van der Waals surface area contributed by atoms with E-state index in [1.807, 2.05) is 7.05 Å². The zero-order valence-electron chi connectivity index (χ0n) is 9.35. The van der Waals surface area contributed by atoms with Crippen molar-refractivity contribution in [3.8, 4) is 0 Å². The Bertz CT molecular complexity index is 99.2. The zero-order valence-corrected chi connectivity index (χ0v) is 9.35. The average molecular weight is 171 g/mol. The molecule has 0 aromatic carbocycles. The third-order valence-corrected chi connectivity index (χ3v) is 2.49. The SMILES string of the molecule is CN[C@H](C)C[C@H](C)CCC(C)C. The molecule has 0 fully saturated rings. The van der Waals surface area contributed by atoms with Crippen molar-refractivity contribution in [2.75, 3.05) is 7.05 Å². The standard InChI is InChI=1S/C11H25N/c1-9(2)6-7-10(3)8-11(4)12-5/h9-12H,6-8H2,1-5H3/t10-,11-/m1/s1. The van der Waals surface area contributed by atoms with E-state index in [0.717, 1.165) is 11.8 Å². The van der Waals surface area contributed by atoms with Gasteiger partial charge in [0.2, 0.25) is 0 Å². The van der Waals surface area contributed by atoms with Crippen molar-refractivity contribution in [2.45, 2.75) is 53.0 Å². The van der Waals surface area contributed by atoms with E-state index in [1.54, 1.807) is 0 Å². The minimum atomic E-state index is 0.673. The third-order valence-electron chi connectivity index (χ3n) is 2.49. The second-order valence-electron chi connectivity index (χ2n) is 4.50. The van der Waals surface area contributed by atoms with Crippen LogP contribution in [0.2, 0.25) is 0 Å². The molecule has 0 aromatic rings. The van der Waals surface area contributed by atoms with Crippen molar-refractivity contribution in [1.29, 1.82) is 0 Å². The van der Waals surface area contributed by atoms with E-state index in [0.29, 0.717) is 6.04 Å². The summed E-state index contributed by atoms with van der Waals surface area (Å²) >= 11 is 0. The normalized spacial score (nSPS) is 16.5. The Kier molecular flexibility index (Phi) is 6.45. The number of rotatable bonds is 6. The van der Waals surface area contributed by atoms with E-state index < -0.39 is 0 Å². The van der Waals surface area contributed by atoms with Gasteiger partial charge in [0.1, 0.15) is 0 Å². The van der Waals surface area contributed by atoms with E-state index in [2.05, 4.69) is 33.0 Å². The Morgan fingerprint density at radius 2 is 1.58 bits per heavy atom. The molecular formula is C11H25N. The molecule has 0 radical (unpaired) electrons. The van der Waals surface area contributed by atoms with Gasteiger partial charge in [0, 0.05) is 6.04 Å². The lowest BCUT2D eigenvalue weighted by molar-refractivity contribution is 0.386. The van der Waals surface area contributed by atoms with Crippen molar-refractivity contribution < 1.29 is 0 Å². The van der Waals surface area contributed by atoms with Crippen LogP contribution in [0.15, 0.2) is 0 Å². The summed E-state index contributed by atoms with van der Waals surface area (Å²) in [6, 6.07) is 0.673. The monoisotopic (exact) mass is 171 g/mol. The first-order valence-electron chi connectivity index (χ1n) is 5.23. The van der Waals surface area contributed by atoms with E-state index in [4.69, 9.17) is 0 Å². The highest BCUT2D eigenvalue weighted by Crippen LogP contribution is 2.16. The first-order valence-corrected chi connectivity index (χ1v) is 5.23. The van der Waals surface area contributed by atoms with Gasteiger partial charge < -0.3 is 5.32 Å². The van der Waals surface area contributed by atoms with E-state index >= 15 is 0 Å². The van der Waals surface area contributed by atoms with Crippen LogP contribution in [-0.4, -0.2) is 13.1 Å². The minimum absolute atomic E-state index is 0.673. The fourth-order valence-corrected chi connectivity index (χ4v) is 1.46. The zero-order chi connectivity index (χ0) is 9.56. The van der Waals surface area contributed by atoms with Gasteiger partial charge in [0.15, 0.2) is 0 Å². The van der Waals surface area contributed by atoms with Crippen LogP contribution in [-0.2, 0) is 0 Å². The van der Waals surface area contributed by atoms with Gasteiger partial charge in [0.05, 0.1) is 0 Å². The summed E-state index contributed by atoms with van der Waals surface area (Å²) in [7, 11) is 2.04. The predicted molar refractivity (Wildman–Crippen MR) is 56.4 cm³/mol. The van der Waals surface area contributed by atoms with Crippen molar-refractivity contribution in [3.05, 3.63) is 0 Å². The lowest BCUT2D eigenvalue weighted by Gasteiger charge is -2.17. The highest BCUT2D eigenvalue weighted by Gasteiger charge is 2.07. The summed E-state index contributed by atoms with van der Waals surface area (Å²) in [6.45, 7) is 9.21. The van der Waals surface area contributed by atoms with Crippen LogP contribution in [0.25, 0.3) is 0 Å². The van der Waals surface area contributed by atoms with Gasteiger partial charge in [-0.25, -0.2) is 0 Å². The molecule has 0 aliphatic rings. The van der Waals surface area contributed by atoms with Crippen LogP contribution in [0.4, 0.5) is 0 Å². The summed E-state index contributed by atoms with van der Waals surface area (Å²) < 4.78 is 0. The molecule has 2 atom stereocenters. The molecule has 1 heteroatoms. The molecule has 12 heavy (non-hydrogen) atoms. The fraction of sp³-hybridized carbons (Fsp3) is 1.00. The molecule has 0 amide bonds. The van der Waals surface area contributed by atoms with Crippen LogP contribution in [0.1, 0.15) is 47.0 Å². The first-order chi connectivity index (χ1) is 5.56. The maximum atomic E-state index is 3.28. The van der Waals surface area contributed by atoms with Crippen LogP contribution in [0.5, 0.6) is 0 Å². The van der Waals surface area contributed by atoms with Crippen LogP contribution in [0.3, 0.4) is 0 Å². The van der Waals surface area contributed by atoms with Crippen LogP contribution < -0.4 is 5.32 Å². The van der Waals surface area contributed by atoms with Gasteiger partial charge >= 0.3 is 0 Å². The van der Waals surface area contributed by atoms with Crippen molar-refractivity contribution in [3.63, 3.8) is 0 Å². The van der Waals surface area contributed by atoms with Gasteiger partial charge in [0.25, 0.3) is 0 Å². The molecule has 0 saturated carbocycles. The number of nitrogens with one attached hydrogen (secondary N) is 1. The molecule has 0 aromatic heterocycles. The quantitative estimate of drug-likeness (QED) is 0.647. The van der Waals surface area contributed by atoms with E-state index in [1.165, 1.54) is 19.3 Å². The van der Waals surface area contributed by atoms with E-state index in [-0.39, 0.29) is 0 Å². The lowest BCUT2D eigenvalue weighted by atomic mass is 9.94. The van der Waals surface area contributed by atoms with Crippen molar-refractivity contribution in [2.24, 2.45) is 11.8 Å². The summed E-state index contributed by atoms with van der Waals surface area (Å²) in [6.07, 6.45) is 4.06. The molecule has 0 saturated heterocycles.